The van der Waals surface area contributed by atoms with E-state index in [9.17, 15) is 4.79 Å². The number of hydrogen-bond acceptors (Lipinski definition) is 4. The predicted octanol–water partition coefficient (Wildman–Crippen LogP) is 3.19. The molecule has 21 heavy (non-hydrogen) atoms. The Morgan fingerprint density at radius 2 is 2.33 bits per heavy atom. The van der Waals surface area contributed by atoms with Gasteiger partial charge in [0.1, 0.15) is 0 Å². The Hall–Kier alpha value is -1.79. The van der Waals surface area contributed by atoms with Crippen LogP contribution in [0.2, 0.25) is 0 Å². The lowest BCUT2D eigenvalue weighted by Crippen LogP contribution is -2.30. The van der Waals surface area contributed by atoms with E-state index in [0.29, 0.717) is 6.54 Å². The molecule has 1 N–H and O–H groups in total. The zero-order chi connectivity index (χ0) is 14.7. The van der Waals surface area contributed by atoms with Crippen LogP contribution in [-0.2, 0) is 11.3 Å². The maximum Gasteiger partial charge on any atom is 0.233 e. The van der Waals surface area contributed by atoms with E-state index in [1.165, 1.54) is 11.8 Å². The Labute approximate surface area is 131 Å². The summed E-state index contributed by atoms with van der Waals surface area (Å²) in [6, 6.07) is 9.94. The van der Waals surface area contributed by atoms with Crippen LogP contribution in [-0.4, -0.2) is 20.5 Å². The summed E-state index contributed by atoms with van der Waals surface area (Å²) in [6.07, 6.45) is 3.78. The van der Waals surface area contributed by atoms with E-state index in [2.05, 4.69) is 10.3 Å². The molecule has 0 radical (unpaired) electrons. The van der Waals surface area contributed by atoms with Gasteiger partial charge in [0.15, 0.2) is 5.16 Å². The molecule has 0 aromatic carbocycles. The van der Waals surface area contributed by atoms with Crippen LogP contribution >= 0.6 is 23.1 Å². The van der Waals surface area contributed by atoms with Gasteiger partial charge in [-0.15, -0.1) is 11.3 Å². The molecule has 0 fully saturated rings. The number of fused-ring (bicyclic) bond motifs is 1. The van der Waals surface area contributed by atoms with Crippen molar-refractivity contribution in [2.75, 3.05) is 0 Å². The fraction of sp³-hybridized carbons (Fsp3) is 0.200. The summed E-state index contributed by atoms with van der Waals surface area (Å²) in [5.74, 6) is 0.0288. The number of pyridine rings is 1. The molecule has 1 atom stereocenters. The quantitative estimate of drug-likeness (QED) is 0.735. The molecule has 0 aliphatic heterocycles. The van der Waals surface area contributed by atoms with E-state index in [1.807, 2.05) is 59.4 Å². The minimum atomic E-state index is -0.184. The van der Waals surface area contributed by atoms with Crippen LogP contribution in [0.15, 0.2) is 53.3 Å². The van der Waals surface area contributed by atoms with Crippen molar-refractivity contribution in [2.24, 2.45) is 0 Å². The van der Waals surface area contributed by atoms with Gasteiger partial charge < -0.3 is 5.32 Å². The summed E-state index contributed by atoms with van der Waals surface area (Å²) in [5.41, 5.74) is 1.03. The number of imidazole rings is 1. The first kappa shape index (κ1) is 14.2. The van der Waals surface area contributed by atoms with E-state index in [4.69, 9.17) is 0 Å². The van der Waals surface area contributed by atoms with Crippen molar-refractivity contribution in [1.29, 1.82) is 0 Å². The lowest BCUT2D eigenvalue weighted by atomic mass is 10.4. The van der Waals surface area contributed by atoms with Gasteiger partial charge in [0.2, 0.25) is 5.91 Å². The van der Waals surface area contributed by atoms with E-state index in [0.717, 1.165) is 15.6 Å². The summed E-state index contributed by atoms with van der Waals surface area (Å²) in [6.45, 7) is 2.49. The largest absolute Gasteiger partial charge is 0.350 e. The molecular formula is C15H15N3OS2. The predicted molar refractivity (Wildman–Crippen MR) is 86.7 cm³/mol. The summed E-state index contributed by atoms with van der Waals surface area (Å²) in [5, 5.41) is 5.62. The van der Waals surface area contributed by atoms with Crippen molar-refractivity contribution in [1.82, 2.24) is 14.7 Å². The van der Waals surface area contributed by atoms with Crippen LogP contribution in [0, 0.1) is 0 Å². The molecule has 0 saturated heterocycles. The fourth-order valence-electron chi connectivity index (χ4n) is 1.95. The molecular weight excluding hydrogens is 302 g/mol. The smallest absolute Gasteiger partial charge is 0.233 e. The fourth-order valence-corrected chi connectivity index (χ4v) is 3.49. The molecule has 0 aliphatic carbocycles. The molecule has 6 heteroatoms. The monoisotopic (exact) mass is 317 g/mol. The number of carbonyl (C=O) groups is 1. The number of carbonyl (C=O) groups excluding carboxylic acids is 1. The Balaban J connectivity index is 1.62. The van der Waals surface area contributed by atoms with Crippen molar-refractivity contribution in [3.05, 3.63) is 53.0 Å². The number of amides is 1. The van der Waals surface area contributed by atoms with Crippen molar-refractivity contribution >= 4 is 34.5 Å². The molecule has 108 valence electrons. The van der Waals surface area contributed by atoms with E-state index < -0.39 is 0 Å². The number of nitrogens with zero attached hydrogens (tertiary/aromatic N) is 2. The lowest BCUT2D eigenvalue weighted by molar-refractivity contribution is -0.120. The van der Waals surface area contributed by atoms with Gasteiger partial charge in [0, 0.05) is 11.1 Å². The zero-order valence-corrected chi connectivity index (χ0v) is 13.2. The topological polar surface area (TPSA) is 46.4 Å². The highest BCUT2D eigenvalue weighted by Crippen LogP contribution is 2.23. The number of nitrogens with one attached hydrogen (secondary N) is 1. The van der Waals surface area contributed by atoms with Crippen molar-refractivity contribution in [3.63, 3.8) is 0 Å². The summed E-state index contributed by atoms with van der Waals surface area (Å²) in [7, 11) is 0. The first-order valence-electron chi connectivity index (χ1n) is 6.63. The number of thiophene rings is 1. The molecule has 3 rings (SSSR count). The number of aromatic nitrogens is 2. The molecule has 3 aromatic heterocycles. The van der Waals surface area contributed by atoms with E-state index in [1.54, 1.807) is 11.3 Å². The van der Waals surface area contributed by atoms with Gasteiger partial charge in [-0.2, -0.15) is 0 Å². The molecule has 4 nitrogen and oxygen atoms in total. The van der Waals surface area contributed by atoms with Gasteiger partial charge in [-0.1, -0.05) is 23.9 Å². The molecule has 0 bridgehead atoms. The Bertz CT molecular complexity index is 736. The van der Waals surface area contributed by atoms with Gasteiger partial charge in [0.05, 0.1) is 23.5 Å². The highest BCUT2D eigenvalue weighted by atomic mass is 32.2. The van der Waals surface area contributed by atoms with Crippen LogP contribution in [0.5, 0.6) is 0 Å². The third-order valence-electron chi connectivity index (χ3n) is 3.07. The van der Waals surface area contributed by atoms with Gasteiger partial charge in [0.25, 0.3) is 0 Å². The van der Waals surface area contributed by atoms with Crippen LogP contribution in [0.1, 0.15) is 11.8 Å². The normalized spacial score (nSPS) is 12.4. The summed E-state index contributed by atoms with van der Waals surface area (Å²) >= 11 is 3.11. The van der Waals surface area contributed by atoms with Gasteiger partial charge >= 0.3 is 0 Å². The molecule has 0 aliphatic rings. The first-order valence-corrected chi connectivity index (χ1v) is 8.39. The highest BCUT2D eigenvalue weighted by molar-refractivity contribution is 8.00. The van der Waals surface area contributed by atoms with Gasteiger partial charge in [-0.3, -0.25) is 9.20 Å². The maximum atomic E-state index is 12.1. The van der Waals surface area contributed by atoms with Crippen LogP contribution in [0.25, 0.3) is 5.52 Å². The molecule has 3 heterocycles. The molecule has 0 spiro atoms. The lowest BCUT2D eigenvalue weighted by Gasteiger charge is -2.10. The summed E-state index contributed by atoms with van der Waals surface area (Å²) in [4.78, 5) is 17.7. The highest BCUT2D eigenvalue weighted by Gasteiger charge is 2.16. The van der Waals surface area contributed by atoms with Gasteiger partial charge in [-0.05, 0) is 30.5 Å². The SMILES string of the molecule is C[C@@H](Sc1ncc2ccccn12)C(=O)NCc1cccs1. The number of thioether (sulfide) groups is 1. The van der Waals surface area contributed by atoms with Crippen LogP contribution < -0.4 is 5.32 Å². The van der Waals surface area contributed by atoms with Crippen LogP contribution in [0.4, 0.5) is 0 Å². The third-order valence-corrected chi connectivity index (χ3v) is 5.03. The number of rotatable bonds is 5. The average Bonchev–Trinajstić information content (AvgIpc) is 3.15. The number of hydrogen-bond donors (Lipinski definition) is 1. The van der Waals surface area contributed by atoms with Crippen LogP contribution in [0.3, 0.4) is 0 Å². The minimum Gasteiger partial charge on any atom is -0.350 e. The average molecular weight is 317 g/mol. The zero-order valence-electron chi connectivity index (χ0n) is 11.5. The maximum absolute atomic E-state index is 12.1. The first-order chi connectivity index (χ1) is 10.2. The van der Waals surface area contributed by atoms with E-state index >= 15 is 0 Å². The van der Waals surface area contributed by atoms with Crippen molar-refractivity contribution < 1.29 is 4.79 Å². The van der Waals surface area contributed by atoms with Gasteiger partial charge in [-0.25, -0.2) is 4.98 Å². The molecule has 3 aromatic rings. The summed E-state index contributed by atoms with van der Waals surface area (Å²) < 4.78 is 1.99. The molecule has 0 saturated carbocycles. The Morgan fingerprint density at radius 3 is 3.14 bits per heavy atom. The molecule has 0 unspecified atom stereocenters. The molecule has 1 amide bonds. The third kappa shape index (κ3) is 3.28. The second-order valence-electron chi connectivity index (χ2n) is 4.59. The standard InChI is InChI=1S/C15H15N3OS2/c1-11(14(19)16-10-13-6-4-8-20-13)21-15-17-9-12-5-2-3-7-18(12)15/h2-9,11H,10H2,1H3,(H,16,19)/t11-/m1/s1. The Morgan fingerprint density at radius 1 is 1.43 bits per heavy atom. The second-order valence-corrected chi connectivity index (χ2v) is 6.93. The van der Waals surface area contributed by atoms with Crippen molar-refractivity contribution in [2.45, 2.75) is 23.9 Å². The minimum absolute atomic E-state index is 0.0288. The second kappa shape index (κ2) is 6.32. The van der Waals surface area contributed by atoms with Crippen molar-refractivity contribution in [3.8, 4) is 0 Å². The van der Waals surface area contributed by atoms with E-state index in [-0.39, 0.29) is 11.2 Å². The Kier molecular flexibility index (Phi) is 4.26.